The van der Waals surface area contributed by atoms with Crippen LogP contribution in [0.3, 0.4) is 0 Å². The first-order valence-electron chi connectivity index (χ1n) is 18.7. The van der Waals surface area contributed by atoms with Crippen LogP contribution in [0.5, 0.6) is 0 Å². The second-order valence-corrected chi connectivity index (χ2v) is 15.7. The maximum absolute atomic E-state index is 14.1. The smallest absolute Gasteiger partial charge is 0.316 e. The number of aliphatic hydroxyl groups excluding tert-OH is 2. The van der Waals surface area contributed by atoms with Crippen molar-refractivity contribution in [2.75, 3.05) is 47.4 Å². The van der Waals surface area contributed by atoms with E-state index in [1.807, 2.05) is 39.8 Å². The van der Waals surface area contributed by atoms with Crippen LogP contribution in [0.1, 0.15) is 93.9 Å². The third-order valence-electron chi connectivity index (χ3n) is 11.5. The molecule has 290 valence electrons. The number of hydrogen-bond donors (Lipinski definition) is 3. The number of oxime groups is 1. The second kappa shape index (κ2) is 18.4. The van der Waals surface area contributed by atoms with Crippen molar-refractivity contribution in [2.24, 2.45) is 28.8 Å². The topological polar surface area (TPSA) is 160 Å². The molecule has 13 nitrogen and oxygen atoms in total. The summed E-state index contributed by atoms with van der Waals surface area (Å²) in [5.74, 6) is -4.53. The first-order chi connectivity index (χ1) is 23.4. The van der Waals surface area contributed by atoms with Crippen LogP contribution in [-0.2, 0) is 33.4 Å². The van der Waals surface area contributed by atoms with E-state index >= 15 is 0 Å². The molecule has 0 bridgehead atoms. The van der Waals surface area contributed by atoms with Gasteiger partial charge in [-0.1, -0.05) is 39.3 Å². The summed E-state index contributed by atoms with van der Waals surface area (Å²) >= 11 is 0. The van der Waals surface area contributed by atoms with E-state index in [0.717, 1.165) is 25.9 Å². The van der Waals surface area contributed by atoms with E-state index < -0.39 is 77.3 Å². The van der Waals surface area contributed by atoms with E-state index in [1.54, 1.807) is 20.8 Å². The number of cyclic esters (lactones) is 1. The van der Waals surface area contributed by atoms with Crippen molar-refractivity contribution in [3.63, 3.8) is 0 Å². The molecule has 0 radical (unpaired) electrons. The molecule has 3 rings (SSSR count). The molecule has 0 spiro atoms. The largest absolute Gasteiger partial charge is 0.459 e. The minimum atomic E-state index is -1.87. The van der Waals surface area contributed by atoms with Gasteiger partial charge in [0.05, 0.1) is 29.6 Å². The van der Waals surface area contributed by atoms with E-state index in [2.05, 4.69) is 10.1 Å². The number of ether oxygens (including phenoxy) is 4. The molecule has 3 aliphatic heterocycles. The van der Waals surface area contributed by atoms with Gasteiger partial charge in [-0.3, -0.25) is 14.5 Å². The summed E-state index contributed by atoms with van der Waals surface area (Å²) in [5.41, 5.74) is -2.58. The Bertz CT molecular complexity index is 1130. The number of nitrogens with zero attached hydrogens (tertiary/aromatic N) is 3. The number of esters is 1. The third kappa shape index (κ3) is 10.0. The number of rotatable bonds is 9. The molecule has 3 N–H and O–H groups in total. The number of likely N-dealkylation sites (tertiary alicyclic amines) is 1. The van der Waals surface area contributed by atoms with Crippen molar-refractivity contribution in [2.45, 2.75) is 148 Å². The van der Waals surface area contributed by atoms with Crippen LogP contribution in [0.15, 0.2) is 5.16 Å². The van der Waals surface area contributed by atoms with E-state index in [0.29, 0.717) is 25.3 Å². The van der Waals surface area contributed by atoms with Gasteiger partial charge in [0.15, 0.2) is 12.1 Å². The van der Waals surface area contributed by atoms with Crippen molar-refractivity contribution in [1.29, 1.82) is 0 Å². The van der Waals surface area contributed by atoms with Gasteiger partial charge in [0, 0.05) is 37.5 Å². The van der Waals surface area contributed by atoms with E-state index in [-0.39, 0.29) is 25.0 Å². The maximum atomic E-state index is 14.1. The Balaban J connectivity index is 2.08. The van der Waals surface area contributed by atoms with Crippen LogP contribution < -0.4 is 0 Å². The summed E-state index contributed by atoms with van der Waals surface area (Å²) in [6, 6.07) is -0.253. The molecule has 3 fully saturated rings. The fraction of sp³-hybridized carbons (Fsp3) is 0.919. The Morgan fingerprint density at radius 2 is 1.66 bits per heavy atom. The summed E-state index contributed by atoms with van der Waals surface area (Å²) < 4.78 is 24.8. The zero-order valence-corrected chi connectivity index (χ0v) is 32.5. The number of carbonyl (C=O) groups excluding carboxylic acids is 2. The van der Waals surface area contributed by atoms with Crippen LogP contribution in [-0.4, -0.2) is 144 Å². The fourth-order valence-electron chi connectivity index (χ4n) is 8.09. The Kier molecular flexibility index (Phi) is 15.7. The predicted octanol–water partition coefficient (Wildman–Crippen LogP) is 3.01. The van der Waals surface area contributed by atoms with Gasteiger partial charge in [-0.15, -0.1) is 0 Å². The molecule has 3 heterocycles. The number of Topliss-reactive ketones (excluding diaryl/α,β-unsaturated/α-hetero) is 1. The van der Waals surface area contributed by atoms with Crippen LogP contribution in [0.4, 0.5) is 0 Å². The van der Waals surface area contributed by atoms with Gasteiger partial charge in [0.1, 0.15) is 30.3 Å². The fourth-order valence-corrected chi connectivity index (χ4v) is 8.09. The van der Waals surface area contributed by atoms with E-state index in [4.69, 9.17) is 23.8 Å². The number of likely N-dealkylation sites (N-methyl/N-ethyl adjacent to an activating group) is 1. The average molecular weight is 714 g/mol. The highest BCUT2D eigenvalue weighted by Gasteiger charge is 2.51. The highest BCUT2D eigenvalue weighted by molar-refractivity contribution is 6.00. The van der Waals surface area contributed by atoms with Crippen LogP contribution in [0.2, 0.25) is 0 Å². The van der Waals surface area contributed by atoms with Gasteiger partial charge < -0.3 is 44.0 Å². The number of methoxy groups -OCH3 is 1. The summed E-state index contributed by atoms with van der Waals surface area (Å²) in [6.45, 7) is 16.9. The molecule has 0 aliphatic carbocycles. The predicted molar refractivity (Wildman–Crippen MR) is 189 cm³/mol. The lowest BCUT2D eigenvalue weighted by molar-refractivity contribution is -0.295. The molecular weight excluding hydrogens is 646 g/mol. The monoisotopic (exact) mass is 713 g/mol. The summed E-state index contributed by atoms with van der Waals surface area (Å²) in [7, 11) is 5.30. The zero-order valence-electron chi connectivity index (χ0n) is 32.5. The minimum Gasteiger partial charge on any atom is -0.459 e. The Labute approximate surface area is 300 Å². The SMILES string of the molecule is CCC1OC(=O)[C@H](C)C(=O)[C@H](C)[C@@H](O[C@@H]2O[C@H](C)C[C@H](N(C)C)[C@H]2O)[C@](C)(OC)C[C@@H](C)/C(=N\OCCN2CCCCC2)[C@H](C)[C@@H](O)[C@]1(C)O. The molecule has 1 unspecified atom stereocenters. The molecule has 13 atom stereocenters. The van der Waals surface area contributed by atoms with Crippen molar-refractivity contribution >= 4 is 17.5 Å². The van der Waals surface area contributed by atoms with Gasteiger partial charge in [-0.05, 0) is 87.0 Å². The van der Waals surface area contributed by atoms with Crippen LogP contribution in [0.25, 0.3) is 0 Å². The molecule has 13 heteroatoms. The van der Waals surface area contributed by atoms with Crippen LogP contribution >= 0.6 is 0 Å². The van der Waals surface area contributed by atoms with Crippen molar-refractivity contribution < 1.29 is 48.7 Å². The molecule has 0 aromatic heterocycles. The third-order valence-corrected chi connectivity index (χ3v) is 11.5. The Hall–Kier alpha value is -1.71. The highest BCUT2D eigenvalue weighted by atomic mass is 16.7. The van der Waals surface area contributed by atoms with Gasteiger partial charge in [0.2, 0.25) is 0 Å². The van der Waals surface area contributed by atoms with Crippen molar-refractivity contribution in [3.05, 3.63) is 0 Å². The van der Waals surface area contributed by atoms with Gasteiger partial charge in [-0.25, -0.2) is 0 Å². The minimum absolute atomic E-state index is 0.197. The lowest BCUT2D eigenvalue weighted by Gasteiger charge is -2.47. The first-order valence-corrected chi connectivity index (χ1v) is 18.7. The van der Waals surface area contributed by atoms with Gasteiger partial charge in [-0.2, -0.15) is 0 Å². The zero-order chi connectivity index (χ0) is 37.6. The summed E-state index contributed by atoms with van der Waals surface area (Å²) in [4.78, 5) is 37.8. The molecule has 50 heavy (non-hydrogen) atoms. The number of piperidine rings is 1. The van der Waals surface area contributed by atoms with Crippen LogP contribution in [0, 0.1) is 23.7 Å². The molecule has 0 saturated carbocycles. The molecule has 0 aromatic rings. The quantitative estimate of drug-likeness (QED) is 0.139. The van der Waals surface area contributed by atoms with Gasteiger partial charge >= 0.3 is 5.97 Å². The Morgan fingerprint density at radius 3 is 2.24 bits per heavy atom. The summed E-state index contributed by atoms with van der Waals surface area (Å²) in [6.07, 6.45) is -1.25. The lowest BCUT2D eigenvalue weighted by Crippen LogP contribution is -2.60. The number of carbonyl (C=O) groups is 2. The van der Waals surface area contributed by atoms with Crippen molar-refractivity contribution in [1.82, 2.24) is 9.80 Å². The molecule has 0 amide bonds. The average Bonchev–Trinajstić information content (AvgIpc) is 3.08. The Morgan fingerprint density at radius 1 is 1.02 bits per heavy atom. The molecule has 0 aromatic carbocycles. The number of ketones is 1. The highest BCUT2D eigenvalue weighted by Crippen LogP contribution is 2.38. The normalized spacial score (nSPS) is 42.7. The first kappa shape index (κ1) is 42.7. The van der Waals surface area contributed by atoms with Crippen molar-refractivity contribution in [3.8, 4) is 0 Å². The molecule has 3 aliphatic rings. The number of hydrogen-bond acceptors (Lipinski definition) is 13. The van der Waals surface area contributed by atoms with E-state index in [1.165, 1.54) is 27.4 Å². The lowest BCUT2D eigenvalue weighted by atomic mass is 9.74. The maximum Gasteiger partial charge on any atom is 0.316 e. The summed E-state index contributed by atoms with van der Waals surface area (Å²) in [5, 5.41) is 39.5. The van der Waals surface area contributed by atoms with E-state index in [9.17, 15) is 24.9 Å². The number of aliphatic hydroxyl groups is 3. The molecular formula is C37H67N3O10. The standard InChI is InChI=1S/C37H67N3O10/c1-12-28-37(8,45)32(43)24(4)29(38-47-19-18-40-16-14-13-15-17-40)22(2)21-36(7,46-11)33(25(5)30(41)26(6)34(44)49-28)50-35-31(42)27(39(9)10)20-23(3)48-35/h22-28,31-33,35,42-43,45H,12-21H2,1-11H3/b38-29+/t22-,23-,24+,25+,26-,27+,28?,31-,32-,33-,35+,36-,37-/m1/s1. The molecule has 3 saturated heterocycles. The second-order valence-electron chi connectivity index (χ2n) is 15.7. The van der Waals surface area contributed by atoms with Gasteiger partial charge in [0.25, 0.3) is 0 Å².